The van der Waals surface area contributed by atoms with E-state index in [1.54, 1.807) is 12.1 Å². The number of carbonyl (C=O) groups excluding carboxylic acids is 3. The molecular formula is C23H27N3O3. The van der Waals surface area contributed by atoms with Gasteiger partial charge in [0.2, 0.25) is 5.91 Å². The van der Waals surface area contributed by atoms with E-state index < -0.39 is 0 Å². The normalized spacial score (nSPS) is 12.8. The Kier molecular flexibility index (Phi) is 6.65. The molecule has 1 aliphatic heterocycles. The summed E-state index contributed by atoms with van der Waals surface area (Å²) in [6.07, 6.45) is 1.59. The van der Waals surface area contributed by atoms with E-state index in [1.807, 2.05) is 38.2 Å². The van der Waals surface area contributed by atoms with Crippen molar-refractivity contribution in [2.75, 3.05) is 31.6 Å². The van der Waals surface area contributed by atoms with Crippen molar-refractivity contribution in [3.8, 4) is 0 Å². The van der Waals surface area contributed by atoms with Crippen LogP contribution in [0.2, 0.25) is 0 Å². The van der Waals surface area contributed by atoms with Crippen LogP contribution in [0.25, 0.3) is 0 Å². The monoisotopic (exact) mass is 393 g/mol. The van der Waals surface area contributed by atoms with Crippen molar-refractivity contribution in [1.29, 1.82) is 0 Å². The van der Waals surface area contributed by atoms with Crippen LogP contribution >= 0.6 is 0 Å². The lowest BCUT2D eigenvalue weighted by Crippen LogP contribution is -2.32. The predicted molar refractivity (Wildman–Crippen MR) is 113 cm³/mol. The van der Waals surface area contributed by atoms with Crippen LogP contribution in [-0.4, -0.2) is 49.3 Å². The van der Waals surface area contributed by atoms with Crippen molar-refractivity contribution >= 4 is 23.4 Å². The van der Waals surface area contributed by atoms with Crippen molar-refractivity contribution in [2.45, 2.75) is 26.2 Å². The third-order valence-electron chi connectivity index (χ3n) is 5.10. The van der Waals surface area contributed by atoms with E-state index in [2.05, 4.69) is 22.3 Å². The van der Waals surface area contributed by atoms with Crippen LogP contribution in [0.4, 0.5) is 5.69 Å². The van der Waals surface area contributed by atoms with Crippen LogP contribution in [0.3, 0.4) is 0 Å². The molecule has 0 aromatic heterocycles. The Bertz CT molecular complexity index is 895. The molecule has 0 aliphatic carbocycles. The Balaban J connectivity index is 1.35. The van der Waals surface area contributed by atoms with Crippen LogP contribution in [0.1, 0.15) is 45.5 Å². The Hall–Kier alpha value is -3.15. The molecule has 3 rings (SSSR count). The van der Waals surface area contributed by atoms with Gasteiger partial charge < -0.3 is 10.2 Å². The molecule has 6 nitrogen and oxygen atoms in total. The van der Waals surface area contributed by atoms with Gasteiger partial charge >= 0.3 is 0 Å². The van der Waals surface area contributed by atoms with Crippen LogP contribution in [0.5, 0.6) is 0 Å². The van der Waals surface area contributed by atoms with E-state index in [4.69, 9.17) is 0 Å². The second-order valence-corrected chi connectivity index (χ2v) is 7.38. The number of nitrogens with zero attached hydrogens (tertiary/aromatic N) is 2. The highest BCUT2D eigenvalue weighted by molar-refractivity contribution is 6.21. The molecule has 152 valence electrons. The second kappa shape index (κ2) is 9.37. The molecule has 6 heteroatoms. The lowest BCUT2D eigenvalue weighted by molar-refractivity contribution is -0.121. The number of nitrogens with one attached hydrogen (secondary N) is 1. The van der Waals surface area contributed by atoms with E-state index in [0.717, 1.165) is 24.2 Å². The van der Waals surface area contributed by atoms with Crippen molar-refractivity contribution in [3.63, 3.8) is 0 Å². The molecule has 0 saturated heterocycles. The first-order valence-corrected chi connectivity index (χ1v) is 9.97. The van der Waals surface area contributed by atoms with Gasteiger partial charge in [-0.25, -0.2) is 0 Å². The molecule has 0 radical (unpaired) electrons. The molecular weight excluding hydrogens is 366 g/mol. The zero-order valence-corrected chi connectivity index (χ0v) is 17.0. The number of carbonyl (C=O) groups is 3. The fourth-order valence-electron chi connectivity index (χ4n) is 3.45. The van der Waals surface area contributed by atoms with Crippen molar-refractivity contribution in [2.24, 2.45) is 0 Å². The molecule has 1 N–H and O–H groups in total. The lowest BCUT2D eigenvalue weighted by Gasteiger charge is -2.19. The molecule has 0 atom stereocenters. The van der Waals surface area contributed by atoms with E-state index in [1.165, 1.54) is 4.90 Å². The first-order valence-electron chi connectivity index (χ1n) is 9.97. The molecule has 1 aliphatic rings. The summed E-state index contributed by atoms with van der Waals surface area (Å²) in [5, 5.41) is 2.91. The largest absolute Gasteiger partial charge is 0.375 e. The summed E-state index contributed by atoms with van der Waals surface area (Å²) in [7, 11) is 2.03. The van der Waals surface area contributed by atoms with Crippen LogP contribution in [0, 0.1) is 6.92 Å². The molecule has 3 amide bonds. The number of amides is 3. The number of aryl methyl sites for hydroxylation is 1. The number of benzene rings is 2. The Labute approximate surface area is 171 Å². The smallest absolute Gasteiger partial charge is 0.261 e. The summed E-state index contributed by atoms with van der Waals surface area (Å²) in [5.41, 5.74) is 3.01. The van der Waals surface area contributed by atoms with Crippen LogP contribution < -0.4 is 10.2 Å². The standard InChI is InChI=1S/C23H27N3O3/c1-17-11-12-19-20(16-17)23(29)26(22(19)28)15-6-10-21(27)24-13-7-14-25(2)18-8-4-3-5-9-18/h3-5,8-9,11-12,16H,6-7,10,13-15H2,1-2H3,(H,24,27). The van der Waals surface area contributed by atoms with Crippen molar-refractivity contribution in [1.82, 2.24) is 10.2 Å². The molecule has 0 fully saturated rings. The van der Waals surface area contributed by atoms with E-state index in [9.17, 15) is 14.4 Å². The maximum atomic E-state index is 12.4. The van der Waals surface area contributed by atoms with Gasteiger partial charge in [0.05, 0.1) is 11.1 Å². The quantitative estimate of drug-likeness (QED) is 0.525. The first kappa shape index (κ1) is 20.6. The molecule has 0 bridgehead atoms. The molecule has 2 aromatic rings. The summed E-state index contributed by atoms with van der Waals surface area (Å²) in [6, 6.07) is 15.4. The summed E-state index contributed by atoms with van der Waals surface area (Å²) < 4.78 is 0. The summed E-state index contributed by atoms with van der Waals surface area (Å²) in [6.45, 7) is 3.60. The van der Waals surface area contributed by atoms with Gasteiger partial charge in [0.25, 0.3) is 11.8 Å². The maximum Gasteiger partial charge on any atom is 0.261 e. The van der Waals surface area contributed by atoms with Gasteiger partial charge in [-0.05, 0) is 44.0 Å². The topological polar surface area (TPSA) is 69.7 Å². The minimum Gasteiger partial charge on any atom is -0.375 e. The maximum absolute atomic E-state index is 12.4. The minimum atomic E-state index is -0.269. The van der Waals surface area contributed by atoms with E-state index >= 15 is 0 Å². The molecule has 0 spiro atoms. The lowest BCUT2D eigenvalue weighted by atomic mass is 10.1. The first-order chi connectivity index (χ1) is 14.0. The highest BCUT2D eigenvalue weighted by Crippen LogP contribution is 2.24. The number of hydrogen-bond acceptors (Lipinski definition) is 4. The van der Waals surface area contributed by atoms with Crippen molar-refractivity contribution in [3.05, 3.63) is 65.2 Å². The number of anilines is 1. The Morgan fingerprint density at radius 1 is 1.00 bits per heavy atom. The Morgan fingerprint density at radius 2 is 1.72 bits per heavy atom. The third kappa shape index (κ3) is 5.02. The second-order valence-electron chi connectivity index (χ2n) is 7.38. The molecule has 1 heterocycles. The highest BCUT2D eigenvalue weighted by atomic mass is 16.2. The number of rotatable bonds is 9. The van der Waals surface area contributed by atoms with Crippen LogP contribution in [-0.2, 0) is 4.79 Å². The van der Waals surface area contributed by atoms with E-state index in [0.29, 0.717) is 30.5 Å². The number of hydrogen-bond donors (Lipinski definition) is 1. The van der Waals surface area contributed by atoms with Gasteiger partial charge in [-0.2, -0.15) is 0 Å². The average Bonchev–Trinajstić information content (AvgIpc) is 2.96. The number of fused-ring (bicyclic) bond motifs is 1. The molecule has 2 aromatic carbocycles. The average molecular weight is 393 g/mol. The van der Waals surface area contributed by atoms with Crippen molar-refractivity contribution < 1.29 is 14.4 Å². The zero-order valence-electron chi connectivity index (χ0n) is 17.0. The molecule has 0 saturated carbocycles. The fourth-order valence-corrected chi connectivity index (χ4v) is 3.45. The van der Waals surface area contributed by atoms with Gasteiger partial charge in [0, 0.05) is 38.8 Å². The summed E-state index contributed by atoms with van der Waals surface area (Å²) >= 11 is 0. The summed E-state index contributed by atoms with van der Waals surface area (Å²) in [5.74, 6) is -0.591. The highest BCUT2D eigenvalue weighted by Gasteiger charge is 2.34. The molecule has 0 unspecified atom stereocenters. The van der Waals surface area contributed by atoms with Gasteiger partial charge in [-0.15, -0.1) is 0 Å². The van der Waals surface area contributed by atoms with E-state index in [-0.39, 0.29) is 24.3 Å². The minimum absolute atomic E-state index is 0.0557. The molecule has 29 heavy (non-hydrogen) atoms. The third-order valence-corrected chi connectivity index (χ3v) is 5.10. The van der Waals surface area contributed by atoms with Crippen LogP contribution in [0.15, 0.2) is 48.5 Å². The van der Waals surface area contributed by atoms with Gasteiger partial charge in [-0.1, -0.05) is 29.8 Å². The summed E-state index contributed by atoms with van der Waals surface area (Å²) in [4.78, 5) is 40.2. The fraction of sp³-hybridized carbons (Fsp3) is 0.348. The SMILES string of the molecule is Cc1ccc2c(c1)C(=O)N(CCCC(=O)NCCCN(C)c1ccccc1)C2=O. The number of imide groups is 1. The number of para-hydroxylation sites is 1. The predicted octanol–water partition coefficient (Wildman–Crippen LogP) is 3.01. The zero-order chi connectivity index (χ0) is 20.8. The van der Waals surface area contributed by atoms with Gasteiger partial charge in [0.1, 0.15) is 0 Å². The van der Waals surface area contributed by atoms with Gasteiger partial charge in [0.15, 0.2) is 0 Å². The van der Waals surface area contributed by atoms with Gasteiger partial charge in [-0.3, -0.25) is 19.3 Å². The Morgan fingerprint density at radius 3 is 2.48 bits per heavy atom.